The molecule has 0 saturated carbocycles. The number of guanidine groups is 1. The quantitative estimate of drug-likeness (QED) is 0.267. The van der Waals surface area contributed by atoms with Crippen molar-refractivity contribution in [3.63, 3.8) is 0 Å². The predicted molar refractivity (Wildman–Crippen MR) is 106 cm³/mol. The predicted octanol–water partition coefficient (Wildman–Crippen LogP) is 2.08. The lowest BCUT2D eigenvalue weighted by atomic mass is 10.1. The summed E-state index contributed by atoms with van der Waals surface area (Å²) in [4.78, 5) is 15.9. The van der Waals surface area contributed by atoms with Crippen molar-refractivity contribution in [3.8, 4) is 0 Å². The summed E-state index contributed by atoms with van der Waals surface area (Å²) in [6.45, 7) is 4.30. The van der Waals surface area contributed by atoms with Crippen molar-refractivity contribution in [3.05, 3.63) is 24.2 Å². The van der Waals surface area contributed by atoms with Crippen LogP contribution in [0.5, 0.6) is 0 Å². The van der Waals surface area contributed by atoms with Crippen molar-refractivity contribution in [1.29, 1.82) is 0 Å². The van der Waals surface area contributed by atoms with E-state index in [0.717, 1.165) is 12.5 Å². The third-order valence-corrected chi connectivity index (χ3v) is 5.14. The topological polar surface area (TPSA) is 78.7 Å². The Hall–Kier alpha value is -0.900. The first-order valence-corrected chi connectivity index (χ1v) is 8.52. The number of furan rings is 1. The summed E-state index contributed by atoms with van der Waals surface area (Å²) in [5.41, 5.74) is 0. The van der Waals surface area contributed by atoms with E-state index in [-0.39, 0.29) is 29.9 Å². The van der Waals surface area contributed by atoms with Gasteiger partial charge in [0.1, 0.15) is 0 Å². The first-order chi connectivity index (χ1) is 10.6. The van der Waals surface area contributed by atoms with Crippen LogP contribution in [-0.2, 0) is 0 Å². The molecule has 1 saturated heterocycles. The van der Waals surface area contributed by atoms with Crippen LogP contribution in [0.3, 0.4) is 0 Å². The molecular formula is C15H25IN4O2S. The summed E-state index contributed by atoms with van der Waals surface area (Å²) in [5, 5.41) is 9.34. The molecule has 3 N–H and O–H groups in total. The molecule has 0 aromatic carbocycles. The average molecular weight is 452 g/mol. The fourth-order valence-corrected chi connectivity index (χ4v) is 3.56. The van der Waals surface area contributed by atoms with Crippen LogP contribution in [0.4, 0.5) is 0 Å². The molecule has 2 heterocycles. The Kier molecular flexibility index (Phi) is 8.82. The Morgan fingerprint density at radius 3 is 2.78 bits per heavy atom. The van der Waals surface area contributed by atoms with Crippen LogP contribution in [0.25, 0.3) is 0 Å². The lowest BCUT2D eigenvalue weighted by Gasteiger charge is -2.24. The number of hydrogen-bond acceptors (Lipinski definition) is 4. The molecule has 1 aliphatic rings. The van der Waals surface area contributed by atoms with E-state index in [0.29, 0.717) is 23.6 Å². The summed E-state index contributed by atoms with van der Waals surface area (Å²) in [5.74, 6) is 2.13. The van der Waals surface area contributed by atoms with Gasteiger partial charge in [0.2, 0.25) is 0 Å². The van der Waals surface area contributed by atoms with Crippen molar-refractivity contribution < 1.29 is 9.21 Å². The van der Waals surface area contributed by atoms with E-state index in [9.17, 15) is 4.79 Å². The minimum atomic E-state index is -0.204. The molecule has 2 rings (SSSR count). The van der Waals surface area contributed by atoms with Gasteiger partial charge in [0, 0.05) is 31.4 Å². The standard InChI is InChI=1S/C15H24N4O2S.HI/c1-15(6-4-10-22-15)11-19-14(16-2)18-8-7-17-13(20)12-5-3-9-21-12;/h3,5,9H,4,6-8,10-11H2,1-2H3,(H,17,20)(H2,16,18,19);1H. The van der Waals surface area contributed by atoms with Crippen LogP contribution in [0.15, 0.2) is 27.8 Å². The van der Waals surface area contributed by atoms with Crippen molar-refractivity contribution in [2.45, 2.75) is 24.5 Å². The Morgan fingerprint density at radius 1 is 1.39 bits per heavy atom. The molecule has 8 heteroatoms. The second-order valence-corrected chi connectivity index (χ2v) is 7.17. The van der Waals surface area contributed by atoms with Crippen LogP contribution >= 0.6 is 35.7 Å². The summed E-state index contributed by atoms with van der Waals surface area (Å²) in [7, 11) is 1.75. The summed E-state index contributed by atoms with van der Waals surface area (Å²) < 4.78 is 5.33. The number of carbonyl (C=O) groups is 1. The molecule has 0 spiro atoms. The van der Waals surface area contributed by atoms with E-state index in [1.54, 1.807) is 19.2 Å². The van der Waals surface area contributed by atoms with Crippen molar-refractivity contribution in [2.75, 3.05) is 32.4 Å². The van der Waals surface area contributed by atoms with E-state index >= 15 is 0 Å². The number of hydrogen-bond donors (Lipinski definition) is 3. The molecule has 130 valence electrons. The Morgan fingerprint density at radius 2 is 2.17 bits per heavy atom. The smallest absolute Gasteiger partial charge is 0.287 e. The SMILES string of the molecule is CN=C(NCCNC(=O)c1ccco1)NCC1(C)CCCS1.I. The minimum absolute atomic E-state index is 0. The van der Waals surface area contributed by atoms with E-state index in [1.807, 2.05) is 11.8 Å². The maximum atomic E-state index is 11.7. The minimum Gasteiger partial charge on any atom is -0.459 e. The molecule has 1 aliphatic heterocycles. The Labute approximate surface area is 158 Å². The molecule has 0 aliphatic carbocycles. The maximum absolute atomic E-state index is 11.7. The molecule has 1 fully saturated rings. The molecule has 0 radical (unpaired) electrons. The van der Waals surface area contributed by atoms with Gasteiger partial charge in [0.25, 0.3) is 5.91 Å². The monoisotopic (exact) mass is 452 g/mol. The molecule has 1 aromatic heterocycles. The maximum Gasteiger partial charge on any atom is 0.287 e. The third-order valence-electron chi connectivity index (χ3n) is 3.60. The first-order valence-electron chi connectivity index (χ1n) is 7.53. The Balaban J connectivity index is 0.00000264. The van der Waals surface area contributed by atoms with Gasteiger partial charge in [-0.3, -0.25) is 9.79 Å². The molecule has 23 heavy (non-hydrogen) atoms. The van der Waals surface area contributed by atoms with Gasteiger partial charge in [0.05, 0.1) is 6.26 Å². The zero-order valence-electron chi connectivity index (χ0n) is 13.6. The van der Waals surface area contributed by atoms with Crippen molar-refractivity contribution in [2.24, 2.45) is 4.99 Å². The van der Waals surface area contributed by atoms with Crippen LogP contribution in [0.2, 0.25) is 0 Å². The Bertz CT molecular complexity index is 502. The van der Waals surface area contributed by atoms with Gasteiger partial charge in [-0.05, 0) is 37.7 Å². The van der Waals surface area contributed by atoms with E-state index < -0.39 is 0 Å². The second kappa shape index (κ2) is 10.1. The summed E-state index contributed by atoms with van der Waals surface area (Å²) >= 11 is 2.02. The lowest BCUT2D eigenvalue weighted by Crippen LogP contribution is -2.45. The van der Waals surface area contributed by atoms with Gasteiger partial charge in [-0.1, -0.05) is 0 Å². The number of carbonyl (C=O) groups excluding carboxylic acids is 1. The lowest BCUT2D eigenvalue weighted by molar-refractivity contribution is 0.0926. The fraction of sp³-hybridized carbons (Fsp3) is 0.600. The number of nitrogens with zero attached hydrogens (tertiary/aromatic N) is 1. The van der Waals surface area contributed by atoms with Crippen molar-refractivity contribution >= 4 is 47.6 Å². The van der Waals surface area contributed by atoms with Gasteiger partial charge in [0.15, 0.2) is 11.7 Å². The van der Waals surface area contributed by atoms with Crippen LogP contribution in [-0.4, -0.2) is 49.0 Å². The van der Waals surface area contributed by atoms with Gasteiger partial charge in [-0.2, -0.15) is 11.8 Å². The van der Waals surface area contributed by atoms with E-state index in [1.165, 1.54) is 24.9 Å². The first kappa shape index (κ1) is 20.1. The zero-order chi connectivity index (χ0) is 15.8. The average Bonchev–Trinajstić information content (AvgIpc) is 3.18. The van der Waals surface area contributed by atoms with E-state index in [4.69, 9.17) is 4.42 Å². The van der Waals surface area contributed by atoms with Gasteiger partial charge >= 0.3 is 0 Å². The molecule has 6 nitrogen and oxygen atoms in total. The molecule has 1 unspecified atom stereocenters. The number of halogens is 1. The van der Waals surface area contributed by atoms with Crippen LogP contribution < -0.4 is 16.0 Å². The summed E-state index contributed by atoms with van der Waals surface area (Å²) in [6, 6.07) is 3.34. The van der Waals surface area contributed by atoms with Crippen LogP contribution in [0.1, 0.15) is 30.3 Å². The highest BCUT2D eigenvalue weighted by Gasteiger charge is 2.29. The van der Waals surface area contributed by atoms with Gasteiger partial charge in [-0.15, -0.1) is 24.0 Å². The second-order valence-electron chi connectivity index (χ2n) is 5.49. The highest BCUT2D eigenvalue weighted by molar-refractivity contribution is 14.0. The molecular weight excluding hydrogens is 427 g/mol. The summed E-state index contributed by atoms with van der Waals surface area (Å²) in [6.07, 6.45) is 4.01. The highest BCUT2D eigenvalue weighted by Crippen LogP contribution is 2.36. The van der Waals surface area contributed by atoms with Gasteiger partial charge in [-0.25, -0.2) is 0 Å². The largest absolute Gasteiger partial charge is 0.459 e. The number of rotatable bonds is 6. The highest BCUT2D eigenvalue weighted by atomic mass is 127. The molecule has 1 aromatic rings. The van der Waals surface area contributed by atoms with Crippen LogP contribution in [0, 0.1) is 0 Å². The van der Waals surface area contributed by atoms with Crippen molar-refractivity contribution in [1.82, 2.24) is 16.0 Å². The molecule has 1 amide bonds. The van der Waals surface area contributed by atoms with Gasteiger partial charge < -0.3 is 20.4 Å². The molecule has 0 bridgehead atoms. The fourth-order valence-electron chi connectivity index (χ4n) is 2.32. The molecule has 1 atom stereocenters. The third kappa shape index (κ3) is 6.62. The number of thioether (sulfide) groups is 1. The van der Waals surface area contributed by atoms with E-state index in [2.05, 4.69) is 27.9 Å². The normalized spacial score (nSPS) is 20.7. The number of amides is 1. The number of nitrogens with one attached hydrogen (secondary N) is 3. The zero-order valence-corrected chi connectivity index (χ0v) is 16.7. The number of aliphatic imine (C=N–C) groups is 1.